The van der Waals surface area contributed by atoms with Crippen LogP contribution in [-0.4, -0.2) is 17.0 Å². The van der Waals surface area contributed by atoms with Crippen LogP contribution in [-0.2, 0) is 0 Å². The second kappa shape index (κ2) is 1.70. The first-order valence-electron chi connectivity index (χ1n) is 2.81. The van der Waals surface area contributed by atoms with Crippen molar-refractivity contribution >= 4 is 12.4 Å². The summed E-state index contributed by atoms with van der Waals surface area (Å²) in [4.78, 5) is 3.74. The maximum Gasteiger partial charge on any atom is 0.158 e. The highest BCUT2D eigenvalue weighted by Gasteiger charge is 2.11. The van der Waals surface area contributed by atoms with Gasteiger partial charge in [-0.15, -0.1) is 0 Å². The van der Waals surface area contributed by atoms with Crippen molar-refractivity contribution in [3.05, 3.63) is 12.1 Å². The van der Waals surface area contributed by atoms with Crippen LogP contribution in [0.5, 0.6) is 0 Å². The molecule has 50 valence electrons. The quantitative estimate of drug-likeness (QED) is 0.601. The van der Waals surface area contributed by atoms with Crippen molar-refractivity contribution in [3.63, 3.8) is 0 Å². The van der Waals surface area contributed by atoms with Gasteiger partial charge in [0, 0.05) is 0 Å². The number of nitrogens with one attached hydrogen (secondary N) is 1. The summed E-state index contributed by atoms with van der Waals surface area (Å²) >= 11 is 0. The van der Waals surface area contributed by atoms with E-state index in [0.717, 1.165) is 17.1 Å². The lowest BCUT2D eigenvalue weighted by molar-refractivity contribution is 0.313. The van der Waals surface area contributed by atoms with E-state index in [0.29, 0.717) is 0 Å². The molecule has 0 spiro atoms. The van der Waals surface area contributed by atoms with Crippen molar-refractivity contribution in [2.45, 2.75) is 0 Å². The molecule has 1 N–H and O–H groups in total. The fourth-order valence-corrected chi connectivity index (χ4v) is 0.882. The SMILES string of the molecule is C=Nc1ccc2[nH]onc1-2. The molecule has 4 heteroatoms. The number of aromatic nitrogens is 2. The molecule has 0 bridgehead atoms. The molecule has 0 unspecified atom stereocenters. The number of aromatic amines is 1. The summed E-state index contributed by atoms with van der Waals surface area (Å²) in [5, 5.41) is 6.29. The summed E-state index contributed by atoms with van der Waals surface area (Å²) < 4.78 is 4.58. The zero-order valence-electron chi connectivity index (χ0n) is 5.16. The molecule has 1 aliphatic heterocycles. The predicted octanol–water partition coefficient (Wildman–Crippen LogP) is 1.44. The zero-order chi connectivity index (χ0) is 6.97. The third-order valence-corrected chi connectivity index (χ3v) is 1.37. The average molecular weight is 135 g/mol. The predicted molar refractivity (Wildman–Crippen MR) is 36.7 cm³/mol. The Morgan fingerprint density at radius 1 is 1.60 bits per heavy atom. The molecule has 0 aromatic rings. The van der Waals surface area contributed by atoms with E-state index in [1.165, 1.54) is 0 Å². The van der Waals surface area contributed by atoms with Gasteiger partial charge in [0.2, 0.25) is 0 Å². The van der Waals surface area contributed by atoms with Crippen LogP contribution in [0.3, 0.4) is 0 Å². The minimum atomic E-state index is 0.731. The second-order valence-corrected chi connectivity index (χ2v) is 1.92. The molecular weight excluding hydrogens is 130 g/mol. The molecular formula is C6H5N3O. The molecule has 1 aliphatic carbocycles. The molecule has 0 aromatic heterocycles. The van der Waals surface area contributed by atoms with Crippen LogP contribution >= 0.6 is 0 Å². The smallest absolute Gasteiger partial charge is 0.158 e. The van der Waals surface area contributed by atoms with E-state index in [9.17, 15) is 0 Å². The van der Waals surface area contributed by atoms with Crippen LogP contribution < -0.4 is 0 Å². The van der Waals surface area contributed by atoms with Gasteiger partial charge in [0.1, 0.15) is 5.69 Å². The Morgan fingerprint density at radius 3 is 3.30 bits per heavy atom. The Labute approximate surface area is 56.9 Å². The first-order valence-corrected chi connectivity index (χ1v) is 2.81. The van der Waals surface area contributed by atoms with Gasteiger partial charge in [0.15, 0.2) is 5.69 Å². The monoisotopic (exact) mass is 135 g/mol. The summed E-state index contributed by atoms with van der Waals surface area (Å²) in [5.41, 5.74) is 2.33. The first kappa shape index (κ1) is 5.22. The molecule has 1 heterocycles. The Hall–Kier alpha value is -1.58. The molecule has 0 saturated heterocycles. The maximum absolute atomic E-state index is 4.58. The van der Waals surface area contributed by atoms with Gasteiger partial charge in [-0.05, 0) is 18.9 Å². The summed E-state index contributed by atoms with van der Waals surface area (Å²) in [5.74, 6) is 0. The zero-order valence-corrected chi connectivity index (χ0v) is 5.16. The molecule has 0 atom stereocenters. The lowest BCUT2D eigenvalue weighted by Gasteiger charge is -1.81. The standard InChI is InChI=1S/C6H5N3O/c1-7-4-2-3-5-6(4)9-10-8-5/h2-3,8H,1H2. The molecule has 0 saturated carbocycles. The summed E-state index contributed by atoms with van der Waals surface area (Å²) in [6, 6.07) is 3.67. The third-order valence-electron chi connectivity index (χ3n) is 1.37. The maximum atomic E-state index is 4.58. The van der Waals surface area contributed by atoms with Gasteiger partial charge in [0.05, 0.1) is 5.69 Å². The van der Waals surface area contributed by atoms with Gasteiger partial charge in [-0.3, -0.25) is 9.62 Å². The van der Waals surface area contributed by atoms with Crippen LogP contribution in [0.15, 0.2) is 21.8 Å². The molecule has 2 rings (SSSR count). The summed E-state index contributed by atoms with van der Waals surface area (Å²) in [6.07, 6.45) is 0. The van der Waals surface area contributed by atoms with E-state index in [-0.39, 0.29) is 0 Å². The Morgan fingerprint density at radius 2 is 2.50 bits per heavy atom. The Balaban J connectivity index is 2.71. The minimum absolute atomic E-state index is 0.731. The Bertz CT molecular complexity index is 322. The van der Waals surface area contributed by atoms with E-state index in [1.807, 2.05) is 12.1 Å². The summed E-state index contributed by atoms with van der Waals surface area (Å²) in [6.45, 7) is 3.39. The van der Waals surface area contributed by atoms with E-state index in [4.69, 9.17) is 0 Å². The van der Waals surface area contributed by atoms with Crippen LogP contribution in [0.1, 0.15) is 0 Å². The molecule has 4 nitrogen and oxygen atoms in total. The van der Waals surface area contributed by atoms with Crippen molar-refractivity contribution in [1.82, 2.24) is 10.3 Å². The molecule has 0 radical (unpaired) electrons. The van der Waals surface area contributed by atoms with E-state index in [2.05, 4.69) is 26.7 Å². The van der Waals surface area contributed by atoms with Gasteiger partial charge in [-0.2, -0.15) is 5.16 Å². The van der Waals surface area contributed by atoms with E-state index < -0.39 is 0 Å². The van der Waals surface area contributed by atoms with Crippen LogP contribution in [0.4, 0.5) is 5.69 Å². The topological polar surface area (TPSA) is 54.2 Å². The highest BCUT2D eigenvalue weighted by molar-refractivity contribution is 5.73. The highest BCUT2D eigenvalue weighted by atomic mass is 16.6. The number of hydrogen-bond donors (Lipinski definition) is 1. The van der Waals surface area contributed by atoms with Gasteiger partial charge in [-0.1, -0.05) is 5.16 Å². The number of aliphatic imine (C=N–C) groups is 1. The fourth-order valence-electron chi connectivity index (χ4n) is 0.882. The number of H-pyrrole nitrogens is 1. The van der Waals surface area contributed by atoms with Gasteiger partial charge in [0.25, 0.3) is 0 Å². The fraction of sp³-hybridized carbons (Fsp3) is 0. The minimum Gasteiger partial charge on any atom is -0.270 e. The number of rotatable bonds is 1. The number of fused-ring (bicyclic) bond motifs is 1. The van der Waals surface area contributed by atoms with Gasteiger partial charge >= 0.3 is 0 Å². The third kappa shape index (κ3) is 0.500. The summed E-state index contributed by atoms with van der Waals surface area (Å²) in [7, 11) is 0. The van der Waals surface area contributed by atoms with Gasteiger partial charge in [-0.25, -0.2) is 0 Å². The largest absolute Gasteiger partial charge is 0.270 e. The molecule has 0 fully saturated rings. The Kier molecular flexibility index (Phi) is 0.887. The van der Waals surface area contributed by atoms with Crippen LogP contribution in [0.25, 0.3) is 11.4 Å². The van der Waals surface area contributed by atoms with Crippen LogP contribution in [0.2, 0.25) is 0 Å². The second-order valence-electron chi connectivity index (χ2n) is 1.92. The first-order chi connectivity index (χ1) is 4.92. The molecule has 0 amide bonds. The van der Waals surface area contributed by atoms with Crippen molar-refractivity contribution in [2.24, 2.45) is 4.99 Å². The van der Waals surface area contributed by atoms with Crippen molar-refractivity contribution < 1.29 is 4.63 Å². The highest BCUT2D eigenvalue weighted by Crippen LogP contribution is 2.29. The number of nitrogens with zero attached hydrogens (tertiary/aromatic N) is 2. The molecule has 2 aliphatic rings. The molecule has 0 aromatic carbocycles. The van der Waals surface area contributed by atoms with Crippen LogP contribution in [0, 0.1) is 0 Å². The lowest BCUT2D eigenvalue weighted by atomic mass is 10.4. The lowest BCUT2D eigenvalue weighted by Crippen LogP contribution is -1.66. The van der Waals surface area contributed by atoms with Crippen molar-refractivity contribution in [3.8, 4) is 11.4 Å². The van der Waals surface area contributed by atoms with E-state index >= 15 is 0 Å². The van der Waals surface area contributed by atoms with Crippen molar-refractivity contribution in [1.29, 1.82) is 0 Å². The molecule has 10 heavy (non-hydrogen) atoms. The normalized spacial score (nSPS) is 10.4. The van der Waals surface area contributed by atoms with Crippen molar-refractivity contribution in [2.75, 3.05) is 0 Å². The number of hydrogen-bond acceptors (Lipinski definition) is 3. The van der Waals surface area contributed by atoms with Gasteiger partial charge < -0.3 is 0 Å². The average Bonchev–Trinajstić information content (AvgIpc) is 2.44. The van der Waals surface area contributed by atoms with E-state index in [1.54, 1.807) is 0 Å².